The van der Waals surface area contributed by atoms with Crippen molar-refractivity contribution in [3.05, 3.63) is 59.7 Å². The SMILES string of the molecule is Cc1cccc2c1NC(C)C(c1ccccc1)O2. The normalized spacial score (nSPS) is 21.7. The molecule has 2 aromatic carbocycles. The van der Waals surface area contributed by atoms with E-state index in [2.05, 4.69) is 49.5 Å². The Bertz CT molecular complexity index is 550. The highest BCUT2D eigenvalue weighted by Crippen LogP contribution is 2.38. The number of hydrogen-bond acceptors (Lipinski definition) is 2. The zero-order valence-corrected chi connectivity index (χ0v) is 10.7. The van der Waals surface area contributed by atoms with Gasteiger partial charge in [0.2, 0.25) is 0 Å². The Kier molecular flexibility index (Phi) is 2.71. The van der Waals surface area contributed by atoms with Crippen molar-refractivity contribution < 1.29 is 4.74 Å². The van der Waals surface area contributed by atoms with Crippen molar-refractivity contribution in [1.82, 2.24) is 0 Å². The van der Waals surface area contributed by atoms with Crippen LogP contribution in [0.5, 0.6) is 5.75 Å². The van der Waals surface area contributed by atoms with Crippen LogP contribution < -0.4 is 10.1 Å². The molecule has 18 heavy (non-hydrogen) atoms. The van der Waals surface area contributed by atoms with Crippen LogP contribution in [0.15, 0.2) is 48.5 Å². The largest absolute Gasteiger partial charge is 0.481 e. The third-order valence-electron chi connectivity index (χ3n) is 3.44. The first-order chi connectivity index (χ1) is 8.75. The second-order valence-corrected chi connectivity index (χ2v) is 4.83. The van der Waals surface area contributed by atoms with Gasteiger partial charge in [0.25, 0.3) is 0 Å². The number of benzene rings is 2. The third kappa shape index (κ3) is 1.84. The van der Waals surface area contributed by atoms with Crippen LogP contribution >= 0.6 is 0 Å². The highest BCUT2D eigenvalue weighted by molar-refractivity contribution is 5.64. The first kappa shape index (κ1) is 11.1. The summed E-state index contributed by atoms with van der Waals surface area (Å²) in [5, 5.41) is 3.55. The van der Waals surface area contributed by atoms with Crippen LogP contribution in [0.25, 0.3) is 0 Å². The molecule has 3 rings (SSSR count). The van der Waals surface area contributed by atoms with E-state index >= 15 is 0 Å². The molecule has 0 spiro atoms. The molecule has 1 heterocycles. The number of ether oxygens (including phenoxy) is 1. The fourth-order valence-electron chi connectivity index (χ4n) is 2.47. The summed E-state index contributed by atoms with van der Waals surface area (Å²) in [6.07, 6.45) is 0.0699. The Hall–Kier alpha value is -1.96. The van der Waals surface area contributed by atoms with Crippen LogP contribution in [0, 0.1) is 6.92 Å². The van der Waals surface area contributed by atoms with E-state index < -0.39 is 0 Å². The molecule has 2 unspecified atom stereocenters. The summed E-state index contributed by atoms with van der Waals surface area (Å²) in [6.45, 7) is 4.26. The van der Waals surface area contributed by atoms with E-state index in [1.807, 2.05) is 18.2 Å². The summed E-state index contributed by atoms with van der Waals surface area (Å²) in [4.78, 5) is 0. The molecule has 2 heteroatoms. The van der Waals surface area contributed by atoms with Gasteiger partial charge in [-0.05, 0) is 31.0 Å². The van der Waals surface area contributed by atoms with E-state index in [0.29, 0.717) is 0 Å². The minimum Gasteiger partial charge on any atom is -0.481 e. The minimum atomic E-state index is 0.0699. The van der Waals surface area contributed by atoms with Crippen LogP contribution in [0.1, 0.15) is 24.2 Å². The Morgan fingerprint density at radius 2 is 1.78 bits per heavy atom. The number of anilines is 1. The average Bonchev–Trinajstić information content (AvgIpc) is 2.40. The smallest absolute Gasteiger partial charge is 0.144 e. The molecule has 0 amide bonds. The number of fused-ring (bicyclic) bond motifs is 1. The van der Waals surface area contributed by atoms with E-state index in [4.69, 9.17) is 4.74 Å². The lowest BCUT2D eigenvalue weighted by Gasteiger charge is -2.34. The van der Waals surface area contributed by atoms with Crippen LogP contribution in [-0.2, 0) is 0 Å². The van der Waals surface area contributed by atoms with E-state index in [1.54, 1.807) is 0 Å². The summed E-state index contributed by atoms with van der Waals surface area (Å²) in [5.74, 6) is 0.946. The van der Waals surface area contributed by atoms with Crippen molar-refractivity contribution in [2.45, 2.75) is 26.0 Å². The number of hydrogen-bond donors (Lipinski definition) is 1. The van der Waals surface area contributed by atoms with E-state index in [0.717, 1.165) is 11.4 Å². The van der Waals surface area contributed by atoms with Crippen LogP contribution in [-0.4, -0.2) is 6.04 Å². The van der Waals surface area contributed by atoms with Crippen molar-refractivity contribution in [3.63, 3.8) is 0 Å². The molecule has 2 atom stereocenters. The van der Waals surface area contributed by atoms with Gasteiger partial charge in [-0.15, -0.1) is 0 Å². The molecular formula is C16H17NO. The second kappa shape index (κ2) is 4.37. The minimum absolute atomic E-state index is 0.0699. The lowest BCUT2D eigenvalue weighted by Crippen LogP contribution is -2.32. The maximum atomic E-state index is 6.15. The van der Waals surface area contributed by atoms with Gasteiger partial charge in [0.15, 0.2) is 0 Å². The standard InChI is InChI=1S/C16H17NO/c1-11-7-6-10-14-15(11)17-12(2)16(18-14)13-8-4-3-5-9-13/h3-10,12,16-17H,1-2H3. The first-order valence-corrected chi connectivity index (χ1v) is 6.33. The number of para-hydroxylation sites is 1. The molecular weight excluding hydrogens is 222 g/mol. The molecule has 1 aliphatic heterocycles. The highest BCUT2D eigenvalue weighted by atomic mass is 16.5. The molecule has 0 aromatic heterocycles. The Morgan fingerprint density at radius 1 is 1.00 bits per heavy atom. The Morgan fingerprint density at radius 3 is 2.56 bits per heavy atom. The van der Waals surface area contributed by atoms with Gasteiger partial charge in [-0.3, -0.25) is 0 Å². The molecule has 0 saturated carbocycles. The number of nitrogens with one attached hydrogen (secondary N) is 1. The topological polar surface area (TPSA) is 21.3 Å². The summed E-state index contributed by atoms with van der Waals surface area (Å²) in [6, 6.07) is 16.8. The van der Waals surface area contributed by atoms with Crippen LogP contribution in [0.2, 0.25) is 0 Å². The molecule has 2 nitrogen and oxygen atoms in total. The molecule has 1 N–H and O–H groups in total. The van der Waals surface area contributed by atoms with Gasteiger partial charge < -0.3 is 10.1 Å². The van der Waals surface area contributed by atoms with Gasteiger partial charge in [0.05, 0.1) is 11.7 Å². The van der Waals surface area contributed by atoms with Gasteiger partial charge in [-0.1, -0.05) is 42.5 Å². The van der Waals surface area contributed by atoms with Crippen molar-refractivity contribution in [3.8, 4) is 5.75 Å². The maximum absolute atomic E-state index is 6.15. The first-order valence-electron chi connectivity index (χ1n) is 6.33. The lowest BCUT2D eigenvalue weighted by atomic mass is 10.00. The predicted octanol–water partition coefficient (Wildman–Crippen LogP) is 3.93. The van der Waals surface area contributed by atoms with Crippen molar-refractivity contribution in [1.29, 1.82) is 0 Å². The van der Waals surface area contributed by atoms with Gasteiger partial charge in [0.1, 0.15) is 11.9 Å². The third-order valence-corrected chi connectivity index (χ3v) is 3.44. The van der Waals surface area contributed by atoms with Gasteiger partial charge in [0, 0.05) is 0 Å². The molecule has 0 fully saturated rings. The van der Waals surface area contributed by atoms with Gasteiger partial charge >= 0.3 is 0 Å². The molecule has 0 saturated heterocycles. The average molecular weight is 239 g/mol. The monoisotopic (exact) mass is 239 g/mol. The molecule has 2 aromatic rings. The molecule has 0 bridgehead atoms. The molecule has 0 radical (unpaired) electrons. The number of aryl methyl sites for hydroxylation is 1. The molecule has 0 aliphatic carbocycles. The lowest BCUT2D eigenvalue weighted by molar-refractivity contribution is 0.177. The summed E-state index contributed by atoms with van der Waals surface area (Å²) >= 11 is 0. The zero-order chi connectivity index (χ0) is 12.5. The summed E-state index contributed by atoms with van der Waals surface area (Å²) in [7, 11) is 0. The fourth-order valence-corrected chi connectivity index (χ4v) is 2.47. The number of rotatable bonds is 1. The van der Waals surface area contributed by atoms with Crippen molar-refractivity contribution >= 4 is 5.69 Å². The zero-order valence-electron chi connectivity index (χ0n) is 10.7. The fraction of sp³-hybridized carbons (Fsp3) is 0.250. The van der Waals surface area contributed by atoms with Crippen LogP contribution in [0.3, 0.4) is 0 Å². The van der Waals surface area contributed by atoms with E-state index in [-0.39, 0.29) is 12.1 Å². The van der Waals surface area contributed by atoms with E-state index in [9.17, 15) is 0 Å². The van der Waals surface area contributed by atoms with Gasteiger partial charge in [-0.2, -0.15) is 0 Å². The maximum Gasteiger partial charge on any atom is 0.144 e. The Labute approximate surface area is 108 Å². The summed E-state index contributed by atoms with van der Waals surface area (Å²) < 4.78 is 6.15. The van der Waals surface area contributed by atoms with Crippen LogP contribution in [0.4, 0.5) is 5.69 Å². The summed E-state index contributed by atoms with van der Waals surface area (Å²) in [5.41, 5.74) is 3.56. The van der Waals surface area contributed by atoms with Crippen molar-refractivity contribution in [2.24, 2.45) is 0 Å². The quantitative estimate of drug-likeness (QED) is 0.814. The molecule has 92 valence electrons. The predicted molar refractivity (Wildman–Crippen MR) is 74.1 cm³/mol. The second-order valence-electron chi connectivity index (χ2n) is 4.83. The Balaban J connectivity index is 1.98. The highest BCUT2D eigenvalue weighted by Gasteiger charge is 2.27. The van der Waals surface area contributed by atoms with Gasteiger partial charge in [-0.25, -0.2) is 0 Å². The van der Waals surface area contributed by atoms with E-state index in [1.165, 1.54) is 11.1 Å². The van der Waals surface area contributed by atoms with Crippen molar-refractivity contribution in [2.75, 3.05) is 5.32 Å². The molecule has 1 aliphatic rings.